The standard InChI is InChI=1S/C13H25N5S/c1-9(2)10(3)16-12(14-4)15-7-11-8-19-13(17-11)18(5)6/h8-10H,7H2,1-6H3,(H2,14,15,16). The molecular formula is C13H25N5S. The minimum Gasteiger partial charge on any atom is -0.354 e. The van der Waals surface area contributed by atoms with Gasteiger partial charge in [-0.1, -0.05) is 13.8 Å². The Hall–Kier alpha value is -1.30. The Morgan fingerprint density at radius 2 is 2.11 bits per heavy atom. The number of guanidine groups is 1. The van der Waals surface area contributed by atoms with Crippen molar-refractivity contribution in [2.24, 2.45) is 10.9 Å². The number of hydrogen-bond donors (Lipinski definition) is 2. The summed E-state index contributed by atoms with van der Waals surface area (Å²) in [6.45, 7) is 7.23. The largest absolute Gasteiger partial charge is 0.354 e. The van der Waals surface area contributed by atoms with Crippen LogP contribution in [0.2, 0.25) is 0 Å². The highest BCUT2D eigenvalue weighted by atomic mass is 32.1. The summed E-state index contributed by atoms with van der Waals surface area (Å²) in [4.78, 5) is 10.8. The molecule has 5 nitrogen and oxygen atoms in total. The average Bonchev–Trinajstić information content (AvgIpc) is 2.82. The first-order valence-electron chi connectivity index (χ1n) is 6.53. The molecule has 0 spiro atoms. The molecule has 1 heterocycles. The van der Waals surface area contributed by atoms with E-state index in [1.807, 2.05) is 19.0 Å². The molecule has 0 bridgehead atoms. The minimum atomic E-state index is 0.388. The maximum atomic E-state index is 4.53. The van der Waals surface area contributed by atoms with Gasteiger partial charge in [0.25, 0.3) is 0 Å². The van der Waals surface area contributed by atoms with Crippen molar-refractivity contribution in [3.63, 3.8) is 0 Å². The lowest BCUT2D eigenvalue weighted by Crippen LogP contribution is -2.43. The zero-order chi connectivity index (χ0) is 14.4. The third kappa shape index (κ3) is 5.06. The molecule has 1 unspecified atom stereocenters. The van der Waals surface area contributed by atoms with Crippen molar-refractivity contribution in [3.8, 4) is 0 Å². The summed E-state index contributed by atoms with van der Waals surface area (Å²) in [5.41, 5.74) is 1.04. The third-order valence-corrected chi connectivity index (χ3v) is 4.00. The van der Waals surface area contributed by atoms with Crippen molar-refractivity contribution >= 4 is 22.4 Å². The van der Waals surface area contributed by atoms with Gasteiger partial charge in [-0.25, -0.2) is 4.98 Å². The second kappa shape index (κ2) is 7.33. The summed E-state index contributed by atoms with van der Waals surface area (Å²) < 4.78 is 0. The van der Waals surface area contributed by atoms with Crippen LogP contribution in [0.25, 0.3) is 0 Å². The fraction of sp³-hybridized carbons (Fsp3) is 0.692. The fourth-order valence-electron chi connectivity index (χ4n) is 1.33. The SMILES string of the molecule is CN=C(NCc1csc(N(C)C)n1)NC(C)C(C)C. The summed E-state index contributed by atoms with van der Waals surface area (Å²) in [5.74, 6) is 1.39. The zero-order valence-electron chi connectivity index (χ0n) is 12.7. The molecule has 0 saturated carbocycles. The topological polar surface area (TPSA) is 52.6 Å². The Morgan fingerprint density at radius 1 is 1.42 bits per heavy atom. The Morgan fingerprint density at radius 3 is 2.58 bits per heavy atom. The van der Waals surface area contributed by atoms with E-state index in [0.29, 0.717) is 18.5 Å². The summed E-state index contributed by atoms with van der Waals surface area (Å²) in [5, 5.41) is 9.75. The van der Waals surface area contributed by atoms with Crippen LogP contribution >= 0.6 is 11.3 Å². The lowest BCUT2D eigenvalue weighted by molar-refractivity contribution is 0.480. The molecular weight excluding hydrogens is 258 g/mol. The van der Waals surface area contributed by atoms with Crippen molar-refractivity contribution in [1.29, 1.82) is 0 Å². The van der Waals surface area contributed by atoms with Gasteiger partial charge in [-0.2, -0.15) is 0 Å². The lowest BCUT2D eigenvalue weighted by atomic mass is 10.1. The number of rotatable bonds is 5. The number of hydrogen-bond acceptors (Lipinski definition) is 4. The molecule has 0 aliphatic carbocycles. The Kier molecular flexibility index (Phi) is 6.08. The van der Waals surface area contributed by atoms with Crippen LogP contribution < -0.4 is 15.5 Å². The summed E-state index contributed by atoms with van der Waals surface area (Å²) in [6, 6.07) is 0.388. The maximum absolute atomic E-state index is 4.53. The van der Waals surface area contributed by atoms with E-state index < -0.39 is 0 Å². The monoisotopic (exact) mass is 283 g/mol. The molecule has 0 fully saturated rings. The number of anilines is 1. The Balaban J connectivity index is 2.49. The fourth-order valence-corrected chi connectivity index (χ4v) is 2.09. The highest BCUT2D eigenvalue weighted by Crippen LogP contribution is 2.17. The van der Waals surface area contributed by atoms with Gasteiger partial charge in [0.05, 0.1) is 12.2 Å². The lowest BCUT2D eigenvalue weighted by Gasteiger charge is -2.20. The number of thiazole rings is 1. The molecule has 0 radical (unpaired) electrons. The van der Waals surface area contributed by atoms with Gasteiger partial charge in [-0.15, -0.1) is 11.3 Å². The first-order chi connectivity index (χ1) is 8.93. The van der Waals surface area contributed by atoms with Crippen molar-refractivity contribution in [3.05, 3.63) is 11.1 Å². The molecule has 0 aliphatic rings. The normalized spacial score (nSPS) is 13.5. The molecule has 0 aromatic carbocycles. The van der Waals surface area contributed by atoms with Gasteiger partial charge in [0, 0.05) is 32.6 Å². The van der Waals surface area contributed by atoms with E-state index in [1.165, 1.54) is 0 Å². The van der Waals surface area contributed by atoms with Crippen LogP contribution in [-0.2, 0) is 6.54 Å². The molecule has 108 valence electrons. The second-order valence-corrected chi connectivity index (χ2v) is 5.96. The van der Waals surface area contributed by atoms with Crippen molar-refractivity contribution < 1.29 is 0 Å². The summed E-state index contributed by atoms with van der Waals surface area (Å²) >= 11 is 1.65. The van der Waals surface area contributed by atoms with Gasteiger partial charge in [-0.3, -0.25) is 4.99 Å². The molecule has 0 saturated heterocycles. The molecule has 19 heavy (non-hydrogen) atoms. The van der Waals surface area contributed by atoms with Crippen LogP contribution in [0.15, 0.2) is 10.4 Å². The van der Waals surface area contributed by atoms with Crippen LogP contribution in [0, 0.1) is 5.92 Å². The highest BCUT2D eigenvalue weighted by molar-refractivity contribution is 7.13. The van der Waals surface area contributed by atoms with E-state index in [0.717, 1.165) is 16.8 Å². The molecule has 1 atom stereocenters. The molecule has 1 aromatic heterocycles. The first-order valence-corrected chi connectivity index (χ1v) is 7.41. The van der Waals surface area contributed by atoms with Crippen LogP contribution in [-0.4, -0.2) is 38.1 Å². The van der Waals surface area contributed by atoms with E-state index >= 15 is 0 Å². The van der Waals surface area contributed by atoms with Gasteiger partial charge in [0.2, 0.25) is 0 Å². The van der Waals surface area contributed by atoms with E-state index in [1.54, 1.807) is 18.4 Å². The van der Waals surface area contributed by atoms with E-state index in [9.17, 15) is 0 Å². The van der Waals surface area contributed by atoms with Crippen LogP contribution in [0.5, 0.6) is 0 Å². The van der Waals surface area contributed by atoms with Gasteiger partial charge in [-0.05, 0) is 12.8 Å². The zero-order valence-corrected chi connectivity index (χ0v) is 13.5. The summed E-state index contributed by atoms with van der Waals surface area (Å²) in [6.07, 6.45) is 0. The van der Waals surface area contributed by atoms with Crippen molar-refractivity contribution in [1.82, 2.24) is 15.6 Å². The quantitative estimate of drug-likeness (QED) is 0.640. The highest BCUT2D eigenvalue weighted by Gasteiger charge is 2.09. The molecule has 1 rings (SSSR count). The van der Waals surface area contributed by atoms with Crippen molar-refractivity contribution in [2.45, 2.75) is 33.4 Å². The van der Waals surface area contributed by atoms with E-state index in [4.69, 9.17) is 0 Å². The second-order valence-electron chi connectivity index (χ2n) is 5.12. The predicted octanol–water partition coefficient (Wildman–Crippen LogP) is 1.92. The van der Waals surface area contributed by atoms with Gasteiger partial charge >= 0.3 is 0 Å². The van der Waals surface area contributed by atoms with Crippen molar-refractivity contribution in [2.75, 3.05) is 26.0 Å². The molecule has 0 amide bonds. The van der Waals surface area contributed by atoms with Crippen LogP contribution in [0.3, 0.4) is 0 Å². The van der Waals surface area contributed by atoms with Crippen LogP contribution in [0.1, 0.15) is 26.5 Å². The average molecular weight is 283 g/mol. The maximum Gasteiger partial charge on any atom is 0.191 e. The number of aromatic nitrogens is 1. The van der Waals surface area contributed by atoms with Gasteiger partial charge in [0.1, 0.15) is 0 Å². The molecule has 2 N–H and O–H groups in total. The number of aliphatic imine (C=N–C) groups is 1. The number of nitrogens with one attached hydrogen (secondary N) is 2. The van der Waals surface area contributed by atoms with E-state index in [-0.39, 0.29) is 0 Å². The predicted molar refractivity (Wildman–Crippen MR) is 84.1 cm³/mol. The smallest absolute Gasteiger partial charge is 0.191 e. The summed E-state index contributed by atoms with van der Waals surface area (Å²) in [7, 11) is 5.79. The molecule has 0 aliphatic heterocycles. The Bertz CT molecular complexity index is 411. The minimum absolute atomic E-state index is 0.388. The first kappa shape index (κ1) is 15.8. The number of nitrogens with zero attached hydrogens (tertiary/aromatic N) is 3. The molecule has 1 aromatic rings. The van der Waals surface area contributed by atoms with E-state index in [2.05, 4.69) is 46.8 Å². The van der Waals surface area contributed by atoms with Gasteiger partial charge in [0.15, 0.2) is 11.1 Å². The van der Waals surface area contributed by atoms with Crippen LogP contribution in [0.4, 0.5) is 5.13 Å². The third-order valence-electron chi connectivity index (χ3n) is 2.95. The van der Waals surface area contributed by atoms with Gasteiger partial charge < -0.3 is 15.5 Å². The Labute approximate surface area is 120 Å². The molecule has 6 heteroatoms.